The van der Waals surface area contributed by atoms with E-state index in [1.807, 2.05) is 6.07 Å². The number of hydrogen-bond donors (Lipinski definition) is 1. The predicted octanol–water partition coefficient (Wildman–Crippen LogP) is 2.71. The van der Waals surface area contributed by atoms with Crippen LogP contribution in [0.2, 0.25) is 0 Å². The predicted molar refractivity (Wildman–Crippen MR) is 59.2 cm³/mol. The van der Waals surface area contributed by atoms with Crippen LogP contribution >= 0.6 is 0 Å². The SMILES string of the molecule is CCC(CC)C(C)Nc1ncccn1. The molecular formula is C11H19N3. The number of anilines is 1. The van der Waals surface area contributed by atoms with E-state index in [0.29, 0.717) is 12.0 Å². The Morgan fingerprint density at radius 3 is 2.29 bits per heavy atom. The van der Waals surface area contributed by atoms with E-state index in [1.165, 1.54) is 12.8 Å². The lowest BCUT2D eigenvalue weighted by molar-refractivity contribution is 0.436. The Bertz CT molecular complexity index is 244. The van der Waals surface area contributed by atoms with Crippen molar-refractivity contribution in [1.29, 1.82) is 0 Å². The van der Waals surface area contributed by atoms with Gasteiger partial charge in [-0.3, -0.25) is 0 Å². The molecule has 0 aliphatic heterocycles. The normalized spacial score (nSPS) is 12.9. The van der Waals surface area contributed by atoms with Gasteiger partial charge in [-0.15, -0.1) is 0 Å². The number of nitrogens with one attached hydrogen (secondary N) is 1. The van der Waals surface area contributed by atoms with Crippen LogP contribution in [0.25, 0.3) is 0 Å². The third-order valence-corrected chi connectivity index (χ3v) is 2.68. The van der Waals surface area contributed by atoms with Gasteiger partial charge in [0.15, 0.2) is 0 Å². The van der Waals surface area contributed by atoms with Crippen LogP contribution in [0.4, 0.5) is 5.95 Å². The molecule has 3 heteroatoms. The molecule has 1 aromatic heterocycles. The average Bonchev–Trinajstić information content (AvgIpc) is 2.21. The lowest BCUT2D eigenvalue weighted by Crippen LogP contribution is -2.25. The molecule has 0 saturated carbocycles. The molecule has 0 radical (unpaired) electrons. The minimum atomic E-state index is 0.437. The Hall–Kier alpha value is -1.12. The molecule has 0 spiro atoms. The number of rotatable bonds is 5. The van der Waals surface area contributed by atoms with Gasteiger partial charge in [-0.1, -0.05) is 26.7 Å². The first-order chi connectivity index (χ1) is 6.77. The number of aromatic nitrogens is 2. The van der Waals surface area contributed by atoms with Crippen molar-refractivity contribution in [3.8, 4) is 0 Å². The van der Waals surface area contributed by atoms with Crippen molar-refractivity contribution >= 4 is 5.95 Å². The van der Waals surface area contributed by atoms with Crippen molar-refractivity contribution in [2.24, 2.45) is 5.92 Å². The van der Waals surface area contributed by atoms with Crippen LogP contribution in [0.5, 0.6) is 0 Å². The van der Waals surface area contributed by atoms with Crippen LogP contribution in [0, 0.1) is 5.92 Å². The highest BCUT2D eigenvalue weighted by molar-refractivity contribution is 5.23. The van der Waals surface area contributed by atoms with Crippen molar-refractivity contribution in [3.63, 3.8) is 0 Å². The molecule has 0 bridgehead atoms. The molecule has 3 nitrogen and oxygen atoms in total. The summed E-state index contributed by atoms with van der Waals surface area (Å²) in [5, 5.41) is 3.32. The molecule has 1 rings (SSSR count). The zero-order chi connectivity index (χ0) is 10.4. The molecule has 0 aliphatic rings. The maximum absolute atomic E-state index is 4.15. The zero-order valence-electron chi connectivity index (χ0n) is 9.20. The fourth-order valence-electron chi connectivity index (χ4n) is 1.69. The molecule has 0 aromatic carbocycles. The lowest BCUT2D eigenvalue weighted by Gasteiger charge is -2.22. The molecule has 0 amide bonds. The molecule has 1 aromatic rings. The van der Waals surface area contributed by atoms with Gasteiger partial charge in [0, 0.05) is 18.4 Å². The van der Waals surface area contributed by atoms with Crippen molar-refractivity contribution in [3.05, 3.63) is 18.5 Å². The molecule has 0 aliphatic carbocycles. The second-order valence-electron chi connectivity index (χ2n) is 3.58. The van der Waals surface area contributed by atoms with Crippen molar-refractivity contribution in [1.82, 2.24) is 9.97 Å². The van der Waals surface area contributed by atoms with Gasteiger partial charge < -0.3 is 5.32 Å². The first-order valence-electron chi connectivity index (χ1n) is 5.31. The Morgan fingerprint density at radius 1 is 1.21 bits per heavy atom. The summed E-state index contributed by atoms with van der Waals surface area (Å²) >= 11 is 0. The van der Waals surface area contributed by atoms with Gasteiger partial charge >= 0.3 is 0 Å². The second kappa shape index (κ2) is 5.58. The van der Waals surface area contributed by atoms with Gasteiger partial charge in [0.05, 0.1) is 0 Å². The van der Waals surface area contributed by atoms with Crippen LogP contribution in [0.1, 0.15) is 33.6 Å². The standard InChI is InChI=1S/C11H19N3/c1-4-10(5-2)9(3)14-11-12-7-6-8-13-11/h6-10H,4-5H2,1-3H3,(H,12,13,14). The van der Waals surface area contributed by atoms with E-state index >= 15 is 0 Å². The van der Waals surface area contributed by atoms with E-state index in [-0.39, 0.29) is 0 Å². The summed E-state index contributed by atoms with van der Waals surface area (Å²) in [5.74, 6) is 1.42. The van der Waals surface area contributed by atoms with Crippen molar-refractivity contribution in [2.45, 2.75) is 39.7 Å². The summed E-state index contributed by atoms with van der Waals surface area (Å²) in [4.78, 5) is 8.29. The van der Waals surface area contributed by atoms with E-state index in [4.69, 9.17) is 0 Å². The zero-order valence-corrected chi connectivity index (χ0v) is 9.20. The highest BCUT2D eigenvalue weighted by atomic mass is 15.1. The van der Waals surface area contributed by atoms with Crippen LogP contribution < -0.4 is 5.32 Å². The van der Waals surface area contributed by atoms with E-state index in [0.717, 1.165) is 5.95 Å². The lowest BCUT2D eigenvalue weighted by atomic mass is 9.96. The van der Waals surface area contributed by atoms with Gasteiger partial charge in [-0.2, -0.15) is 0 Å². The molecule has 1 atom stereocenters. The van der Waals surface area contributed by atoms with Gasteiger partial charge in [-0.25, -0.2) is 9.97 Å². The van der Waals surface area contributed by atoms with Gasteiger partial charge in [0.2, 0.25) is 5.95 Å². The quantitative estimate of drug-likeness (QED) is 0.781. The van der Waals surface area contributed by atoms with Crippen LogP contribution in [-0.2, 0) is 0 Å². The summed E-state index contributed by atoms with van der Waals surface area (Å²) in [5.41, 5.74) is 0. The van der Waals surface area contributed by atoms with E-state index in [9.17, 15) is 0 Å². The Kier molecular flexibility index (Phi) is 4.36. The molecule has 1 heterocycles. The summed E-state index contributed by atoms with van der Waals surface area (Å²) in [7, 11) is 0. The Labute approximate surface area is 86.0 Å². The summed E-state index contributed by atoms with van der Waals surface area (Å²) in [6.07, 6.45) is 5.90. The minimum absolute atomic E-state index is 0.437. The molecule has 1 N–H and O–H groups in total. The van der Waals surface area contributed by atoms with E-state index in [1.54, 1.807) is 12.4 Å². The molecule has 1 unspecified atom stereocenters. The fourth-order valence-corrected chi connectivity index (χ4v) is 1.69. The van der Waals surface area contributed by atoms with E-state index in [2.05, 4.69) is 36.1 Å². The van der Waals surface area contributed by atoms with E-state index < -0.39 is 0 Å². The Balaban J connectivity index is 2.52. The molecule has 78 valence electrons. The maximum atomic E-state index is 4.15. The first-order valence-corrected chi connectivity index (χ1v) is 5.31. The van der Waals surface area contributed by atoms with Gasteiger partial charge in [0.1, 0.15) is 0 Å². The molecule has 14 heavy (non-hydrogen) atoms. The smallest absolute Gasteiger partial charge is 0.222 e. The maximum Gasteiger partial charge on any atom is 0.222 e. The Morgan fingerprint density at radius 2 is 1.79 bits per heavy atom. The summed E-state index contributed by atoms with van der Waals surface area (Å²) in [6.45, 7) is 6.63. The molecule has 0 fully saturated rings. The topological polar surface area (TPSA) is 37.8 Å². The number of hydrogen-bond acceptors (Lipinski definition) is 3. The van der Waals surface area contributed by atoms with Gasteiger partial charge in [-0.05, 0) is 18.9 Å². The monoisotopic (exact) mass is 193 g/mol. The third-order valence-electron chi connectivity index (χ3n) is 2.68. The van der Waals surface area contributed by atoms with Crippen LogP contribution in [0.3, 0.4) is 0 Å². The summed E-state index contributed by atoms with van der Waals surface area (Å²) in [6, 6.07) is 2.26. The van der Waals surface area contributed by atoms with Crippen LogP contribution in [-0.4, -0.2) is 16.0 Å². The molecule has 0 saturated heterocycles. The number of nitrogens with zero attached hydrogens (tertiary/aromatic N) is 2. The fraction of sp³-hybridized carbons (Fsp3) is 0.636. The van der Waals surface area contributed by atoms with Gasteiger partial charge in [0.25, 0.3) is 0 Å². The highest BCUT2D eigenvalue weighted by Gasteiger charge is 2.13. The first kappa shape index (κ1) is 11.0. The largest absolute Gasteiger partial charge is 0.351 e. The van der Waals surface area contributed by atoms with Crippen molar-refractivity contribution in [2.75, 3.05) is 5.32 Å². The molecular weight excluding hydrogens is 174 g/mol. The third kappa shape index (κ3) is 2.98. The van der Waals surface area contributed by atoms with Crippen LogP contribution in [0.15, 0.2) is 18.5 Å². The second-order valence-corrected chi connectivity index (χ2v) is 3.58. The average molecular weight is 193 g/mol. The highest BCUT2D eigenvalue weighted by Crippen LogP contribution is 2.15. The van der Waals surface area contributed by atoms with Crippen molar-refractivity contribution < 1.29 is 0 Å². The minimum Gasteiger partial charge on any atom is -0.351 e. The summed E-state index contributed by atoms with van der Waals surface area (Å²) < 4.78 is 0.